The second kappa shape index (κ2) is 7.03. The molecule has 0 fully saturated rings. The zero-order valence-corrected chi connectivity index (χ0v) is 8.34. The van der Waals surface area contributed by atoms with Gasteiger partial charge in [-0.1, -0.05) is 6.07 Å². The van der Waals surface area contributed by atoms with Crippen molar-refractivity contribution in [1.82, 2.24) is 0 Å². The first-order valence-electron chi connectivity index (χ1n) is 3.90. The molecule has 0 bridgehead atoms. The summed E-state index contributed by atoms with van der Waals surface area (Å²) in [5.41, 5.74) is 6.24. The summed E-state index contributed by atoms with van der Waals surface area (Å²) in [4.78, 5) is 0. The van der Waals surface area contributed by atoms with E-state index >= 15 is 0 Å². The number of hydrogen-bond donors (Lipinski definition) is 4. The summed E-state index contributed by atoms with van der Waals surface area (Å²) in [6.45, 7) is 0.546. The van der Waals surface area contributed by atoms with E-state index in [1.807, 2.05) is 0 Å². The molecule has 1 rings (SSSR count). The van der Waals surface area contributed by atoms with Gasteiger partial charge in [0.25, 0.3) is 0 Å². The summed E-state index contributed by atoms with van der Waals surface area (Å²) in [6.07, 6.45) is 0.716. The highest BCUT2D eigenvalue weighted by atomic mass is 32.1. The van der Waals surface area contributed by atoms with E-state index in [2.05, 4.69) is 12.2 Å². The Labute approximate surface area is 87.5 Å². The van der Waals surface area contributed by atoms with Gasteiger partial charge < -0.3 is 15.9 Å². The number of aromatic hydroxyl groups is 2. The second-order valence-corrected chi connectivity index (χ2v) is 2.67. The Morgan fingerprint density at radius 2 is 1.93 bits per heavy atom. The lowest BCUT2D eigenvalue weighted by Gasteiger charge is -2.00. The molecule has 1 aromatic rings. The molecule has 1 aromatic carbocycles. The van der Waals surface area contributed by atoms with Crippen LogP contribution in [0.2, 0.25) is 0 Å². The number of benzene rings is 1. The van der Waals surface area contributed by atoms with Crippen LogP contribution in [0.25, 0.3) is 0 Å². The van der Waals surface area contributed by atoms with Crippen LogP contribution in [-0.4, -0.2) is 21.9 Å². The van der Waals surface area contributed by atoms with Crippen LogP contribution in [0.1, 0.15) is 5.56 Å². The molecule has 0 radical (unpaired) electrons. The van der Waals surface area contributed by atoms with Crippen molar-refractivity contribution in [3.8, 4) is 11.5 Å². The number of rotatable bonds is 2. The van der Waals surface area contributed by atoms with Gasteiger partial charge in [-0.25, -0.2) is 5.41 Å². The molecule has 76 valence electrons. The standard InChI is InChI=1S/C8H11NO2.CHNS/c9-4-3-6-1-2-7(10)8(11)5-6;2-1-3/h1-2,5,10-11H,3-4,9H2;2H. The van der Waals surface area contributed by atoms with Crippen LogP contribution in [0.3, 0.4) is 0 Å². The molecule has 0 saturated heterocycles. The van der Waals surface area contributed by atoms with Gasteiger partial charge in [0.2, 0.25) is 0 Å². The maximum absolute atomic E-state index is 9.04. The molecule has 0 aliphatic heterocycles. The Balaban J connectivity index is 0.000000500. The average molecular weight is 212 g/mol. The summed E-state index contributed by atoms with van der Waals surface area (Å²) in [7, 11) is 0. The predicted octanol–water partition coefficient (Wildman–Crippen LogP) is 1.27. The van der Waals surface area contributed by atoms with Crippen molar-refractivity contribution < 1.29 is 10.2 Å². The largest absolute Gasteiger partial charge is 0.504 e. The fraction of sp³-hybridized carbons (Fsp3) is 0.222. The van der Waals surface area contributed by atoms with Gasteiger partial charge in [0.1, 0.15) is 0 Å². The van der Waals surface area contributed by atoms with Crippen molar-refractivity contribution in [2.24, 2.45) is 5.73 Å². The quantitative estimate of drug-likeness (QED) is 0.337. The molecule has 0 aromatic heterocycles. The Bertz CT molecular complexity index is 323. The Kier molecular flexibility index (Phi) is 6.32. The molecule has 14 heavy (non-hydrogen) atoms. The lowest BCUT2D eigenvalue weighted by molar-refractivity contribution is 0.403. The Morgan fingerprint density at radius 1 is 1.36 bits per heavy atom. The lowest BCUT2D eigenvalue weighted by atomic mass is 10.1. The lowest BCUT2D eigenvalue weighted by Crippen LogP contribution is -2.02. The van der Waals surface area contributed by atoms with Gasteiger partial charge in [0.15, 0.2) is 11.5 Å². The van der Waals surface area contributed by atoms with Gasteiger partial charge in [-0.3, -0.25) is 0 Å². The summed E-state index contributed by atoms with van der Waals surface area (Å²) < 4.78 is 0. The number of nitrogens with one attached hydrogen (secondary N) is 1. The summed E-state index contributed by atoms with van der Waals surface area (Å²) >= 11 is 3.81. The SMILES string of the molecule is N=C=S.NCCc1ccc(O)c(O)c1. The number of nitrogens with two attached hydrogens (primary N) is 1. The third-order valence-electron chi connectivity index (χ3n) is 1.47. The van der Waals surface area contributed by atoms with E-state index in [0.29, 0.717) is 13.0 Å². The van der Waals surface area contributed by atoms with Gasteiger partial charge >= 0.3 is 0 Å². The van der Waals surface area contributed by atoms with Crippen molar-refractivity contribution in [3.05, 3.63) is 23.8 Å². The van der Waals surface area contributed by atoms with Crippen LogP contribution in [-0.2, 0) is 6.42 Å². The van der Waals surface area contributed by atoms with Gasteiger partial charge in [-0.05, 0) is 42.9 Å². The Hall–Kier alpha value is -1.42. The maximum Gasteiger partial charge on any atom is 0.157 e. The fourth-order valence-electron chi connectivity index (χ4n) is 0.891. The highest BCUT2D eigenvalue weighted by Crippen LogP contribution is 2.24. The van der Waals surface area contributed by atoms with Gasteiger partial charge in [-0.15, -0.1) is 0 Å². The fourth-order valence-corrected chi connectivity index (χ4v) is 0.891. The van der Waals surface area contributed by atoms with Gasteiger partial charge in [-0.2, -0.15) is 0 Å². The minimum absolute atomic E-state index is 0.0871. The zero-order chi connectivity index (χ0) is 11.0. The minimum Gasteiger partial charge on any atom is -0.504 e. The number of phenols is 2. The molecule has 5 heteroatoms. The molecule has 0 amide bonds. The van der Waals surface area contributed by atoms with Crippen molar-refractivity contribution in [2.75, 3.05) is 6.54 Å². The first-order valence-corrected chi connectivity index (χ1v) is 4.31. The highest BCUT2D eigenvalue weighted by Gasteiger charge is 1.98. The van der Waals surface area contributed by atoms with Gasteiger partial charge in [0, 0.05) is 0 Å². The topological polar surface area (TPSA) is 90.3 Å². The van der Waals surface area contributed by atoms with E-state index in [1.54, 1.807) is 11.2 Å². The van der Waals surface area contributed by atoms with Gasteiger partial charge in [0.05, 0.1) is 5.16 Å². The first kappa shape index (κ1) is 12.6. The van der Waals surface area contributed by atoms with Crippen LogP contribution >= 0.6 is 12.2 Å². The molecular formula is C9H12N2O2S. The summed E-state index contributed by atoms with van der Waals surface area (Å²) in [5, 5.41) is 25.3. The molecule has 0 atom stereocenters. The number of phenolic OH excluding ortho intramolecular Hbond substituents is 2. The third kappa shape index (κ3) is 4.57. The summed E-state index contributed by atoms with van der Waals surface area (Å²) in [6, 6.07) is 4.71. The van der Waals surface area contributed by atoms with E-state index in [0.717, 1.165) is 5.56 Å². The van der Waals surface area contributed by atoms with Crippen LogP contribution in [0.5, 0.6) is 11.5 Å². The highest BCUT2D eigenvalue weighted by molar-refractivity contribution is 7.78. The van der Waals surface area contributed by atoms with Crippen LogP contribution < -0.4 is 5.73 Å². The van der Waals surface area contributed by atoms with Crippen molar-refractivity contribution in [3.63, 3.8) is 0 Å². The Morgan fingerprint density at radius 3 is 2.36 bits per heavy atom. The average Bonchev–Trinajstić information content (AvgIpc) is 2.13. The molecule has 0 aliphatic rings. The van der Waals surface area contributed by atoms with E-state index in [1.165, 1.54) is 12.1 Å². The van der Waals surface area contributed by atoms with Crippen LogP contribution in [0, 0.1) is 5.41 Å². The summed E-state index contributed by atoms with van der Waals surface area (Å²) in [5.74, 6) is -0.179. The van der Waals surface area contributed by atoms with Crippen LogP contribution in [0.4, 0.5) is 0 Å². The molecule has 0 heterocycles. The minimum atomic E-state index is -0.0919. The van der Waals surface area contributed by atoms with E-state index in [4.69, 9.17) is 21.4 Å². The monoisotopic (exact) mass is 212 g/mol. The maximum atomic E-state index is 9.04. The molecule has 0 unspecified atom stereocenters. The molecule has 0 saturated carbocycles. The smallest absolute Gasteiger partial charge is 0.157 e. The first-order chi connectivity index (χ1) is 6.65. The predicted molar refractivity (Wildman–Crippen MR) is 57.8 cm³/mol. The van der Waals surface area contributed by atoms with Crippen molar-refractivity contribution in [1.29, 1.82) is 5.41 Å². The van der Waals surface area contributed by atoms with Crippen molar-refractivity contribution in [2.45, 2.75) is 6.42 Å². The van der Waals surface area contributed by atoms with E-state index in [-0.39, 0.29) is 11.5 Å². The number of thiocarbonyl (C=S) groups is 1. The molecule has 5 N–H and O–H groups in total. The number of isothiocyanates is 1. The second-order valence-electron chi connectivity index (χ2n) is 2.46. The van der Waals surface area contributed by atoms with Crippen molar-refractivity contribution >= 4 is 17.4 Å². The number of hydrogen-bond acceptors (Lipinski definition) is 5. The van der Waals surface area contributed by atoms with E-state index in [9.17, 15) is 0 Å². The van der Waals surface area contributed by atoms with E-state index < -0.39 is 0 Å². The molecule has 0 spiro atoms. The molecular weight excluding hydrogens is 200 g/mol. The van der Waals surface area contributed by atoms with Crippen LogP contribution in [0.15, 0.2) is 18.2 Å². The molecule has 4 nitrogen and oxygen atoms in total. The zero-order valence-electron chi connectivity index (χ0n) is 7.53. The normalized spacial score (nSPS) is 8.36. The third-order valence-corrected chi connectivity index (χ3v) is 1.47. The molecule has 0 aliphatic carbocycles.